The lowest BCUT2D eigenvalue weighted by Gasteiger charge is -2.18. The molecule has 3 aromatic rings. The van der Waals surface area contributed by atoms with Crippen molar-refractivity contribution in [2.75, 3.05) is 19.5 Å². The summed E-state index contributed by atoms with van der Waals surface area (Å²) in [6, 6.07) is 12.1. The Labute approximate surface area is 162 Å². The van der Waals surface area contributed by atoms with E-state index in [4.69, 9.17) is 9.47 Å². The van der Waals surface area contributed by atoms with Gasteiger partial charge in [-0.25, -0.2) is 4.79 Å². The normalized spacial score (nSPS) is 11.6. The third kappa shape index (κ3) is 4.20. The highest BCUT2D eigenvalue weighted by Crippen LogP contribution is 2.29. The number of urea groups is 1. The fraction of sp³-hybridized carbons (Fsp3) is 0.263. The largest absolute Gasteiger partial charge is 0.497 e. The molecule has 0 aliphatic rings. The van der Waals surface area contributed by atoms with E-state index >= 15 is 0 Å². The Kier molecular flexibility index (Phi) is 5.73. The minimum Gasteiger partial charge on any atom is -0.497 e. The van der Waals surface area contributed by atoms with Crippen LogP contribution in [0.15, 0.2) is 42.5 Å². The van der Waals surface area contributed by atoms with E-state index in [1.165, 1.54) is 0 Å². The summed E-state index contributed by atoms with van der Waals surface area (Å²) < 4.78 is 12.2. The van der Waals surface area contributed by atoms with Crippen molar-refractivity contribution in [3.8, 4) is 17.2 Å². The Hall–Kier alpha value is -3.62. The average molecular weight is 382 g/mol. The number of carbonyl (C=O) groups excluding carboxylic acids is 1. The predicted molar refractivity (Wildman–Crippen MR) is 104 cm³/mol. The third-order valence-electron chi connectivity index (χ3n) is 4.22. The number of ether oxygens (including phenoxy) is 2. The van der Waals surface area contributed by atoms with E-state index in [1.54, 1.807) is 38.0 Å². The lowest BCUT2D eigenvalue weighted by Crippen LogP contribution is -2.31. The van der Waals surface area contributed by atoms with E-state index in [0.29, 0.717) is 23.0 Å². The molecule has 1 atom stereocenters. The molecule has 0 radical (unpaired) electrons. The summed E-state index contributed by atoms with van der Waals surface area (Å²) in [7, 11) is 3.18. The van der Waals surface area contributed by atoms with E-state index < -0.39 is 0 Å². The molecule has 2 N–H and O–H groups in total. The highest BCUT2D eigenvalue weighted by atomic mass is 16.5. The second kappa shape index (κ2) is 8.38. The van der Waals surface area contributed by atoms with Crippen molar-refractivity contribution in [1.29, 1.82) is 0 Å². The van der Waals surface area contributed by atoms with Crippen LogP contribution < -0.4 is 20.1 Å². The summed E-state index contributed by atoms with van der Waals surface area (Å²) in [5, 5.41) is 17.2. The molecule has 28 heavy (non-hydrogen) atoms. The van der Waals surface area contributed by atoms with Gasteiger partial charge in [-0.05, 0) is 60.7 Å². The van der Waals surface area contributed by atoms with Crippen LogP contribution >= 0.6 is 0 Å². The number of nitrogens with zero attached hydrogens (tertiary/aromatic N) is 4. The van der Waals surface area contributed by atoms with Crippen molar-refractivity contribution in [2.45, 2.75) is 19.9 Å². The van der Waals surface area contributed by atoms with E-state index in [0.717, 1.165) is 11.3 Å². The maximum absolute atomic E-state index is 12.5. The second-order valence-corrected chi connectivity index (χ2v) is 6.12. The van der Waals surface area contributed by atoms with Gasteiger partial charge in [0.2, 0.25) is 0 Å². The maximum atomic E-state index is 12.5. The second-order valence-electron chi connectivity index (χ2n) is 6.12. The Morgan fingerprint density at radius 1 is 1.14 bits per heavy atom. The van der Waals surface area contributed by atoms with Crippen molar-refractivity contribution in [1.82, 2.24) is 25.5 Å². The molecule has 0 saturated carbocycles. The molecule has 0 aliphatic carbocycles. The van der Waals surface area contributed by atoms with Gasteiger partial charge in [0.25, 0.3) is 0 Å². The smallest absolute Gasteiger partial charge is 0.319 e. The lowest BCUT2D eigenvalue weighted by molar-refractivity contribution is 0.249. The monoisotopic (exact) mass is 382 g/mol. The molecule has 0 saturated heterocycles. The SMILES string of the molecule is COc1ccc(OC)c([C@@H](C)NC(=O)Nc2cccc(-n3nnnc3C)c2)c1. The molecule has 3 rings (SSSR count). The summed E-state index contributed by atoms with van der Waals surface area (Å²) >= 11 is 0. The van der Waals surface area contributed by atoms with Gasteiger partial charge < -0.3 is 20.1 Å². The fourth-order valence-corrected chi connectivity index (χ4v) is 2.81. The quantitative estimate of drug-likeness (QED) is 0.679. The van der Waals surface area contributed by atoms with Gasteiger partial charge in [0, 0.05) is 11.3 Å². The van der Waals surface area contributed by atoms with Crippen molar-refractivity contribution >= 4 is 11.7 Å². The van der Waals surface area contributed by atoms with Gasteiger partial charge in [0.15, 0.2) is 5.82 Å². The Morgan fingerprint density at radius 2 is 1.96 bits per heavy atom. The van der Waals surface area contributed by atoms with Crippen LogP contribution in [-0.4, -0.2) is 40.5 Å². The molecule has 0 unspecified atom stereocenters. The number of aromatic nitrogens is 4. The number of carbonyl (C=O) groups is 1. The molecule has 2 amide bonds. The zero-order valence-corrected chi connectivity index (χ0v) is 16.1. The van der Waals surface area contributed by atoms with Crippen LogP contribution in [0.2, 0.25) is 0 Å². The number of hydrogen-bond donors (Lipinski definition) is 2. The molecular weight excluding hydrogens is 360 g/mol. The molecular formula is C19H22N6O3. The summed E-state index contributed by atoms with van der Waals surface area (Å²) in [6.07, 6.45) is 0. The molecule has 0 bridgehead atoms. The van der Waals surface area contributed by atoms with Gasteiger partial charge >= 0.3 is 6.03 Å². The highest BCUT2D eigenvalue weighted by molar-refractivity contribution is 5.89. The zero-order chi connectivity index (χ0) is 20.1. The summed E-state index contributed by atoms with van der Waals surface area (Å²) in [5.41, 5.74) is 2.19. The standard InChI is InChI=1S/C19H22N6O3/c1-12(17-11-16(27-3)8-9-18(17)28-4)20-19(26)21-14-6-5-7-15(10-14)25-13(2)22-23-24-25/h5-12H,1-4H3,(H2,20,21,26)/t12-/m1/s1. The van der Waals surface area contributed by atoms with Gasteiger partial charge in [0.1, 0.15) is 11.5 Å². The van der Waals surface area contributed by atoms with Gasteiger partial charge in [-0.15, -0.1) is 5.10 Å². The first-order valence-electron chi connectivity index (χ1n) is 8.66. The predicted octanol–water partition coefficient (Wildman–Crippen LogP) is 2.87. The number of anilines is 1. The topological polar surface area (TPSA) is 103 Å². The van der Waals surface area contributed by atoms with Crippen LogP contribution in [0.4, 0.5) is 10.5 Å². The van der Waals surface area contributed by atoms with Gasteiger partial charge in [-0.1, -0.05) is 6.07 Å². The molecule has 2 aromatic carbocycles. The molecule has 146 valence electrons. The number of tetrazole rings is 1. The van der Waals surface area contributed by atoms with Crippen LogP contribution in [0.25, 0.3) is 5.69 Å². The Morgan fingerprint density at radius 3 is 2.64 bits per heavy atom. The number of aryl methyl sites for hydroxylation is 1. The summed E-state index contributed by atoms with van der Waals surface area (Å²) in [5.74, 6) is 2.01. The average Bonchev–Trinajstić information content (AvgIpc) is 3.13. The molecule has 0 spiro atoms. The van der Waals surface area contributed by atoms with Crippen molar-refractivity contribution < 1.29 is 14.3 Å². The third-order valence-corrected chi connectivity index (χ3v) is 4.22. The van der Waals surface area contributed by atoms with Crippen molar-refractivity contribution in [3.63, 3.8) is 0 Å². The first-order chi connectivity index (χ1) is 13.5. The minimum atomic E-state index is -0.344. The summed E-state index contributed by atoms with van der Waals surface area (Å²) in [4.78, 5) is 12.5. The zero-order valence-electron chi connectivity index (χ0n) is 16.1. The van der Waals surface area contributed by atoms with E-state index in [-0.39, 0.29) is 12.1 Å². The summed E-state index contributed by atoms with van der Waals surface area (Å²) in [6.45, 7) is 3.67. The van der Waals surface area contributed by atoms with Crippen LogP contribution in [0, 0.1) is 6.92 Å². The molecule has 0 aliphatic heterocycles. The molecule has 1 heterocycles. The van der Waals surface area contributed by atoms with Crippen LogP contribution in [0.5, 0.6) is 11.5 Å². The van der Waals surface area contributed by atoms with Gasteiger partial charge in [-0.2, -0.15) is 4.68 Å². The highest BCUT2D eigenvalue weighted by Gasteiger charge is 2.15. The van der Waals surface area contributed by atoms with E-state index in [9.17, 15) is 4.79 Å². The maximum Gasteiger partial charge on any atom is 0.319 e. The molecule has 9 heteroatoms. The Balaban J connectivity index is 1.72. The lowest BCUT2D eigenvalue weighted by atomic mass is 10.1. The number of rotatable bonds is 6. The fourth-order valence-electron chi connectivity index (χ4n) is 2.81. The van der Waals surface area contributed by atoms with Gasteiger partial charge in [-0.3, -0.25) is 0 Å². The molecule has 1 aromatic heterocycles. The number of amides is 2. The van der Waals surface area contributed by atoms with Crippen molar-refractivity contribution in [2.24, 2.45) is 0 Å². The van der Waals surface area contributed by atoms with Crippen LogP contribution in [0.1, 0.15) is 24.4 Å². The number of hydrogen-bond acceptors (Lipinski definition) is 6. The first-order valence-corrected chi connectivity index (χ1v) is 8.66. The van der Waals surface area contributed by atoms with Crippen molar-refractivity contribution in [3.05, 3.63) is 53.9 Å². The van der Waals surface area contributed by atoms with Gasteiger partial charge in [0.05, 0.1) is 25.9 Å². The van der Waals surface area contributed by atoms with E-state index in [2.05, 4.69) is 26.2 Å². The van der Waals surface area contributed by atoms with Crippen LogP contribution in [-0.2, 0) is 0 Å². The number of benzene rings is 2. The van der Waals surface area contributed by atoms with Crippen LogP contribution in [0.3, 0.4) is 0 Å². The minimum absolute atomic E-state index is 0.296. The first kappa shape index (κ1) is 19.2. The number of nitrogens with one attached hydrogen (secondary N) is 2. The Bertz CT molecular complexity index is 972. The van der Waals surface area contributed by atoms with E-state index in [1.807, 2.05) is 37.3 Å². The molecule has 9 nitrogen and oxygen atoms in total. The number of methoxy groups -OCH3 is 2. The molecule has 0 fully saturated rings.